The molecule has 8 heteroatoms. The van der Waals surface area contributed by atoms with E-state index in [1.807, 2.05) is 21.1 Å². The fourth-order valence-corrected chi connectivity index (χ4v) is 2.64. The first-order valence-corrected chi connectivity index (χ1v) is 8.22. The van der Waals surface area contributed by atoms with Gasteiger partial charge in [-0.05, 0) is 18.2 Å². The van der Waals surface area contributed by atoms with Gasteiger partial charge in [-0.25, -0.2) is 0 Å². The van der Waals surface area contributed by atoms with Gasteiger partial charge in [0.1, 0.15) is 13.2 Å². The van der Waals surface area contributed by atoms with Gasteiger partial charge in [-0.1, -0.05) is 11.6 Å². The Hall–Kier alpha value is -1.04. The van der Waals surface area contributed by atoms with E-state index >= 15 is 0 Å². The highest BCUT2D eigenvalue weighted by molar-refractivity contribution is 7.46. The first kappa shape index (κ1) is 16.3. The van der Waals surface area contributed by atoms with Crippen molar-refractivity contribution in [1.82, 2.24) is 4.98 Å². The molecule has 0 radical (unpaired) electrons. The van der Waals surface area contributed by atoms with Gasteiger partial charge in [0.25, 0.3) is 0 Å². The molecule has 2 aromatic rings. The molecule has 21 heavy (non-hydrogen) atoms. The molecule has 1 atom stereocenters. The van der Waals surface area contributed by atoms with Crippen molar-refractivity contribution >= 4 is 30.3 Å². The molecule has 6 nitrogen and oxygen atoms in total. The molecule has 0 fully saturated rings. The zero-order valence-electron chi connectivity index (χ0n) is 12.1. The third-order valence-corrected chi connectivity index (χ3v) is 3.98. The number of fused-ring (bicyclic) bond motifs is 1. The van der Waals surface area contributed by atoms with Crippen molar-refractivity contribution in [2.45, 2.75) is 0 Å². The second kappa shape index (κ2) is 5.99. The number of nitrogens with zero attached hydrogens (tertiary/aromatic N) is 1. The molecule has 1 aromatic heterocycles. The minimum absolute atomic E-state index is 0.0679. The van der Waals surface area contributed by atoms with Gasteiger partial charge in [-0.2, -0.15) is 0 Å². The van der Waals surface area contributed by atoms with Crippen LogP contribution >= 0.6 is 19.4 Å². The Morgan fingerprint density at radius 2 is 2.10 bits per heavy atom. The van der Waals surface area contributed by atoms with Crippen molar-refractivity contribution in [3.8, 4) is 5.75 Å². The second-order valence-corrected chi connectivity index (χ2v) is 7.50. The molecule has 1 unspecified atom stereocenters. The summed E-state index contributed by atoms with van der Waals surface area (Å²) >= 11 is 5.87. The van der Waals surface area contributed by atoms with Crippen LogP contribution in [0, 0.1) is 0 Å². The number of likely N-dealkylation sites (N-methyl/N-ethyl adjacent to an activating group) is 1. The predicted molar refractivity (Wildman–Crippen MR) is 80.4 cm³/mol. The van der Waals surface area contributed by atoms with Crippen molar-refractivity contribution in [2.24, 2.45) is 0 Å². The van der Waals surface area contributed by atoms with E-state index in [4.69, 9.17) is 20.6 Å². The Labute approximate surface area is 128 Å². The largest absolute Gasteiger partial charge is 0.746 e. The molecule has 1 aromatic carbocycles. The Morgan fingerprint density at radius 1 is 1.38 bits per heavy atom. The van der Waals surface area contributed by atoms with E-state index in [9.17, 15) is 9.46 Å². The van der Waals surface area contributed by atoms with Crippen LogP contribution in [0.5, 0.6) is 5.75 Å². The van der Waals surface area contributed by atoms with Gasteiger partial charge in [0.15, 0.2) is 5.75 Å². The minimum atomic E-state index is -4.40. The number of hydrogen-bond acceptors (Lipinski definition) is 4. The lowest BCUT2D eigenvalue weighted by atomic mass is 10.2. The van der Waals surface area contributed by atoms with Crippen molar-refractivity contribution in [1.29, 1.82) is 0 Å². The molecule has 0 aliphatic heterocycles. The predicted octanol–water partition coefficient (Wildman–Crippen LogP) is 2.39. The molecule has 0 aliphatic rings. The van der Waals surface area contributed by atoms with Gasteiger partial charge in [-0.15, -0.1) is 0 Å². The number of aromatic nitrogens is 1. The van der Waals surface area contributed by atoms with Gasteiger partial charge in [0, 0.05) is 16.6 Å². The Morgan fingerprint density at radius 3 is 2.76 bits per heavy atom. The summed E-state index contributed by atoms with van der Waals surface area (Å²) in [5.74, 6) is 0.199. The Bertz CT molecular complexity index is 680. The van der Waals surface area contributed by atoms with Crippen LogP contribution in [0.25, 0.3) is 10.9 Å². The van der Waals surface area contributed by atoms with Crippen molar-refractivity contribution in [2.75, 3.05) is 34.3 Å². The molecule has 0 saturated carbocycles. The van der Waals surface area contributed by atoms with Gasteiger partial charge in [0.05, 0.1) is 26.7 Å². The molecule has 1 heterocycles. The van der Waals surface area contributed by atoms with E-state index < -0.39 is 7.82 Å². The maximum atomic E-state index is 11.8. The first-order valence-electron chi connectivity index (χ1n) is 6.39. The number of benzene rings is 1. The zero-order valence-corrected chi connectivity index (χ0v) is 13.8. The SMILES string of the molecule is C[N+](C)(C)CCOP(=O)([O-])Oc1c[nH]c2cc(Cl)ccc12. The molecule has 0 amide bonds. The summed E-state index contributed by atoms with van der Waals surface area (Å²) in [6, 6.07) is 5.05. The quantitative estimate of drug-likeness (QED) is 0.651. The lowest BCUT2D eigenvalue weighted by Crippen LogP contribution is -2.37. The Balaban J connectivity index is 2.06. The fraction of sp³-hybridized carbons (Fsp3) is 0.385. The van der Waals surface area contributed by atoms with Crippen LogP contribution in [0.2, 0.25) is 5.02 Å². The average molecular weight is 333 g/mol. The van der Waals surface area contributed by atoms with E-state index in [0.717, 1.165) is 0 Å². The lowest BCUT2D eigenvalue weighted by molar-refractivity contribution is -0.870. The molecule has 0 spiro atoms. The fourth-order valence-electron chi connectivity index (χ4n) is 1.72. The normalized spacial score (nSPS) is 15.1. The summed E-state index contributed by atoms with van der Waals surface area (Å²) in [6.07, 6.45) is 1.47. The molecule has 116 valence electrons. The molecular formula is C13H18ClN2O4P. The average Bonchev–Trinajstić information content (AvgIpc) is 2.68. The maximum absolute atomic E-state index is 11.8. The van der Waals surface area contributed by atoms with Gasteiger partial charge in [0.2, 0.25) is 0 Å². The second-order valence-electron chi connectivity index (χ2n) is 5.73. The molecular weight excluding hydrogens is 315 g/mol. The van der Waals surface area contributed by atoms with Crippen LogP contribution in [0.3, 0.4) is 0 Å². The number of phosphoric acid groups is 1. The monoisotopic (exact) mass is 332 g/mol. The number of nitrogens with one attached hydrogen (secondary N) is 1. The number of halogens is 1. The highest BCUT2D eigenvalue weighted by atomic mass is 35.5. The minimum Gasteiger partial charge on any atom is -0.746 e. The topological polar surface area (TPSA) is 74.4 Å². The number of H-pyrrole nitrogens is 1. The molecule has 2 rings (SSSR count). The van der Waals surface area contributed by atoms with Crippen molar-refractivity contribution < 1.29 is 23.0 Å². The number of aromatic amines is 1. The maximum Gasteiger partial charge on any atom is 0.320 e. The van der Waals surface area contributed by atoms with Crippen LogP contribution in [-0.4, -0.2) is 43.8 Å². The first-order chi connectivity index (χ1) is 9.66. The molecule has 0 bridgehead atoms. The van der Waals surface area contributed by atoms with E-state index in [0.29, 0.717) is 27.0 Å². The smallest absolute Gasteiger partial charge is 0.320 e. The number of rotatable bonds is 6. The standard InChI is InChI=1S/C13H18ClN2O4P/c1-16(2,3)6-7-19-21(17,18)20-13-9-15-12-8-10(14)4-5-11(12)13/h4-5,8-9,15H,6-7H2,1-3H3. The number of phosphoric ester groups is 1. The summed E-state index contributed by atoms with van der Waals surface area (Å²) in [4.78, 5) is 14.7. The van der Waals surface area contributed by atoms with Crippen LogP contribution in [0.1, 0.15) is 0 Å². The van der Waals surface area contributed by atoms with Gasteiger partial charge < -0.3 is 23.4 Å². The zero-order chi connectivity index (χ0) is 15.7. The third kappa shape index (κ3) is 4.73. The molecule has 1 N–H and O–H groups in total. The van der Waals surface area contributed by atoms with E-state index in [2.05, 4.69) is 4.98 Å². The van der Waals surface area contributed by atoms with Crippen molar-refractivity contribution in [3.63, 3.8) is 0 Å². The molecule has 0 aliphatic carbocycles. The van der Waals surface area contributed by atoms with E-state index in [1.54, 1.807) is 18.2 Å². The highest BCUT2D eigenvalue weighted by Crippen LogP contribution is 2.42. The summed E-state index contributed by atoms with van der Waals surface area (Å²) < 4.78 is 22.3. The highest BCUT2D eigenvalue weighted by Gasteiger charge is 2.16. The van der Waals surface area contributed by atoms with Crippen molar-refractivity contribution in [3.05, 3.63) is 29.4 Å². The number of quaternary nitrogens is 1. The van der Waals surface area contributed by atoms with Crippen LogP contribution in [-0.2, 0) is 9.09 Å². The van der Waals surface area contributed by atoms with E-state index in [-0.39, 0.29) is 12.4 Å². The molecule has 0 saturated heterocycles. The van der Waals surface area contributed by atoms with E-state index in [1.165, 1.54) is 6.20 Å². The Kier molecular flexibility index (Phi) is 4.66. The summed E-state index contributed by atoms with van der Waals surface area (Å²) in [5, 5.41) is 1.19. The van der Waals surface area contributed by atoms with Gasteiger partial charge in [-0.3, -0.25) is 4.57 Å². The van der Waals surface area contributed by atoms with Crippen LogP contribution in [0.4, 0.5) is 0 Å². The van der Waals surface area contributed by atoms with Gasteiger partial charge >= 0.3 is 7.82 Å². The summed E-state index contributed by atoms with van der Waals surface area (Å²) in [5.41, 5.74) is 0.698. The number of hydrogen-bond donors (Lipinski definition) is 1. The van der Waals surface area contributed by atoms with Crippen LogP contribution < -0.4 is 9.42 Å². The summed E-state index contributed by atoms with van der Waals surface area (Å²) in [7, 11) is 1.45. The van der Waals surface area contributed by atoms with Crippen LogP contribution in [0.15, 0.2) is 24.4 Å². The third-order valence-electron chi connectivity index (χ3n) is 2.83. The summed E-state index contributed by atoms with van der Waals surface area (Å²) in [6.45, 7) is 0.623. The lowest BCUT2D eigenvalue weighted by Gasteiger charge is -2.27.